The number of carbonyl (C=O) groups excluding carboxylic acids is 1. The summed E-state index contributed by atoms with van der Waals surface area (Å²) in [6, 6.07) is 10.0. The molecule has 0 heterocycles. The minimum Gasteiger partial charge on any atom is -0.469 e. The molecule has 92 valence electrons. The van der Waals surface area contributed by atoms with Crippen molar-refractivity contribution in [3.8, 4) is 0 Å². The van der Waals surface area contributed by atoms with Gasteiger partial charge in [0.2, 0.25) is 0 Å². The molecule has 0 radical (unpaired) electrons. The first-order valence-corrected chi connectivity index (χ1v) is 5.66. The summed E-state index contributed by atoms with van der Waals surface area (Å²) in [6.07, 6.45) is 4.97. The minimum absolute atomic E-state index is 0.181. The predicted molar refractivity (Wildman–Crippen MR) is 66.5 cm³/mol. The number of ether oxygens (including phenoxy) is 2. The molecule has 0 N–H and O–H groups in total. The zero-order chi connectivity index (χ0) is 12.3. The lowest BCUT2D eigenvalue weighted by Gasteiger charge is -2.00. The van der Waals surface area contributed by atoms with Gasteiger partial charge in [0.1, 0.15) is 0 Å². The fourth-order valence-corrected chi connectivity index (χ4v) is 1.31. The van der Waals surface area contributed by atoms with Crippen LogP contribution in [0, 0.1) is 0 Å². The Morgan fingerprint density at radius 2 is 2.00 bits per heavy atom. The van der Waals surface area contributed by atoms with Crippen molar-refractivity contribution in [3.05, 3.63) is 48.0 Å². The van der Waals surface area contributed by atoms with Gasteiger partial charge < -0.3 is 9.47 Å². The Kier molecular flexibility index (Phi) is 6.75. The molecular formula is C14H18O3. The molecule has 0 saturated carbocycles. The summed E-state index contributed by atoms with van der Waals surface area (Å²) >= 11 is 0. The number of hydrogen-bond donors (Lipinski definition) is 0. The highest BCUT2D eigenvalue weighted by molar-refractivity contribution is 5.69. The molecule has 0 spiro atoms. The lowest BCUT2D eigenvalue weighted by molar-refractivity contribution is -0.140. The molecule has 17 heavy (non-hydrogen) atoms. The van der Waals surface area contributed by atoms with Gasteiger partial charge in [0, 0.05) is 6.42 Å². The fourth-order valence-electron chi connectivity index (χ4n) is 1.31. The van der Waals surface area contributed by atoms with E-state index in [0.717, 1.165) is 5.56 Å². The van der Waals surface area contributed by atoms with Crippen molar-refractivity contribution in [2.45, 2.75) is 19.4 Å². The smallest absolute Gasteiger partial charge is 0.305 e. The van der Waals surface area contributed by atoms with Crippen molar-refractivity contribution < 1.29 is 14.3 Å². The van der Waals surface area contributed by atoms with E-state index in [0.29, 0.717) is 26.1 Å². The van der Waals surface area contributed by atoms with Crippen LogP contribution in [0.25, 0.3) is 0 Å². The molecule has 0 amide bonds. The monoisotopic (exact) mass is 234 g/mol. The molecule has 0 atom stereocenters. The maximum Gasteiger partial charge on any atom is 0.305 e. The lowest BCUT2D eigenvalue weighted by Crippen LogP contribution is -1.98. The summed E-state index contributed by atoms with van der Waals surface area (Å²) in [6.45, 7) is 1.18. The van der Waals surface area contributed by atoms with E-state index in [1.807, 2.05) is 42.5 Å². The number of esters is 1. The molecule has 3 heteroatoms. The third-order valence-electron chi connectivity index (χ3n) is 2.24. The summed E-state index contributed by atoms with van der Waals surface area (Å²) in [5, 5.41) is 0. The van der Waals surface area contributed by atoms with Gasteiger partial charge in [-0.25, -0.2) is 0 Å². The number of benzene rings is 1. The van der Waals surface area contributed by atoms with Crippen molar-refractivity contribution in [1.82, 2.24) is 0 Å². The molecule has 0 aromatic heterocycles. The van der Waals surface area contributed by atoms with E-state index >= 15 is 0 Å². The average molecular weight is 234 g/mol. The van der Waals surface area contributed by atoms with E-state index in [1.165, 1.54) is 7.11 Å². The molecule has 0 saturated heterocycles. The van der Waals surface area contributed by atoms with E-state index in [2.05, 4.69) is 4.74 Å². The lowest BCUT2D eigenvalue weighted by atomic mass is 10.2. The highest BCUT2D eigenvalue weighted by Gasteiger charge is 1.95. The second kappa shape index (κ2) is 8.53. The molecule has 0 aliphatic carbocycles. The molecule has 0 aliphatic heterocycles. The number of carbonyl (C=O) groups is 1. The minimum atomic E-state index is -0.181. The predicted octanol–water partition coefficient (Wildman–Crippen LogP) is 2.71. The Morgan fingerprint density at radius 1 is 1.24 bits per heavy atom. The SMILES string of the molecule is COC(=O)CC/C=C/COCc1ccccc1. The van der Waals surface area contributed by atoms with Crippen molar-refractivity contribution in [2.24, 2.45) is 0 Å². The first-order valence-electron chi connectivity index (χ1n) is 5.66. The summed E-state index contributed by atoms with van der Waals surface area (Å²) < 4.78 is 9.98. The highest BCUT2D eigenvalue weighted by Crippen LogP contribution is 2.00. The van der Waals surface area contributed by atoms with Gasteiger partial charge in [0.15, 0.2) is 0 Å². The second-order valence-electron chi connectivity index (χ2n) is 3.59. The quantitative estimate of drug-likeness (QED) is 0.413. The van der Waals surface area contributed by atoms with Crippen molar-refractivity contribution in [2.75, 3.05) is 13.7 Å². The van der Waals surface area contributed by atoms with E-state index in [-0.39, 0.29) is 5.97 Å². The number of methoxy groups -OCH3 is 1. The third kappa shape index (κ3) is 6.53. The van der Waals surface area contributed by atoms with E-state index < -0.39 is 0 Å². The number of hydrogen-bond acceptors (Lipinski definition) is 3. The largest absolute Gasteiger partial charge is 0.469 e. The van der Waals surface area contributed by atoms with Crippen LogP contribution in [0.2, 0.25) is 0 Å². The zero-order valence-electron chi connectivity index (χ0n) is 10.1. The molecule has 0 fully saturated rings. The first-order chi connectivity index (χ1) is 8.33. The van der Waals surface area contributed by atoms with Crippen molar-refractivity contribution in [1.29, 1.82) is 0 Å². The Bertz CT molecular complexity index is 344. The highest BCUT2D eigenvalue weighted by atomic mass is 16.5. The van der Waals surface area contributed by atoms with Gasteiger partial charge in [-0.3, -0.25) is 4.79 Å². The summed E-state index contributed by atoms with van der Waals surface area (Å²) in [4.78, 5) is 10.8. The Labute approximate surface area is 102 Å². The molecule has 1 rings (SSSR count). The van der Waals surface area contributed by atoms with Gasteiger partial charge in [0.25, 0.3) is 0 Å². The van der Waals surface area contributed by atoms with E-state index in [1.54, 1.807) is 0 Å². The van der Waals surface area contributed by atoms with E-state index in [9.17, 15) is 4.79 Å². The van der Waals surface area contributed by atoms with Crippen LogP contribution in [-0.2, 0) is 20.9 Å². The normalized spacial score (nSPS) is 10.6. The van der Waals surface area contributed by atoms with Gasteiger partial charge in [-0.05, 0) is 12.0 Å². The summed E-state index contributed by atoms with van der Waals surface area (Å²) in [5.74, 6) is -0.181. The number of allylic oxidation sites excluding steroid dienone is 1. The maximum absolute atomic E-state index is 10.8. The van der Waals surface area contributed by atoms with Crippen molar-refractivity contribution >= 4 is 5.97 Å². The second-order valence-corrected chi connectivity index (χ2v) is 3.59. The number of rotatable bonds is 7. The van der Waals surface area contributed by atoms with Crippen LogP contribution in [0.4, 0.5) is 0 Å². The maximum atomic E-state index is 10.8. The molecule has 1 aromatic carbocycles. The van der Waals surface area contributed by atoms with Gasteiger partial charge in [-0.15, -0.1) is 0 Å². The van der Waals surface area contributed by atoms with Gasteiger partial charge in [0.05, 0.1) is 20.3 Å². The average Bonchev–Trinajstić information content (AvgIpc) is 2.38. The summed E-state index contributed by atoms with van der Waals surface area (Å²) in [7, 11) is 1.40. The van der Waals surface area contributed by atoms with Crippen LogP contribution in [0.3, 0.4) is 0 Å². The Morgan fingerprint density at radius 3 is 2.71 bits per heavy atom. The molecule has 0 aliphatic rings. The molecule has 3 nitrogen and oxygen atoms in total. The summed E-state index contributed by atoms with van der Waals surface area (Å²) in [5.41, 5.74) is 1.16. The van der Waals surface area contributed by atoms with E-state index in [4.69, 9.17) is 4.74 Å². The Balaban J connectivity index is 2.04. The van der Waals surface area contributed by atoms with Crippen LogP contribution >= 0.6 is 0 Å². The fraction of sp³-hybridized carbons (Fsp3) is 0.357. The van der Waals surface area contributed by atoms with Gasteiger partial charge >= 0.3 is 5.97 Å². The van der Waals surface area contributed by atoms with Crippen LogP contribution in [0.1, 0.15) is 18.4 Å². The van der Waals surface area contributed by atoms with Crippen LogP contribution in [0.5, 0.6) is 0 Å². The zero-order valence-corrected chi connectivity index (χ0v) is 10.1. The molecule has 0 bridgehead atoms. The van der Waals surface area contributed by atoms with Gasteiger partial charge in [-0.1, -0.05) is 42.5 Å². The van der Waals surface area contributed by atoms with Crippen molar-refractivity contribution in [3.63, 3.8) is 0 Å². The third-order valence-corrected chi connectivity index (χ3v) is 2.24. The Hall–Kier alpha value is -1.61. The first kappa shape index (κ1) is 13.5. The van der Waals surface area contributed by atoms with Crippen LogP contribution < -0.4 is 0 Å². The van der Waals surface area contributed by atoms with Crippen LogP contribution in [0.15, 0.2) is 42.5 Å². The van der Waals surface area contributed by atoms with Gasteiger partial charge in [-0.2, -0.15) is 0 Å². The standard InChI is InChI=1S/C14H18O3/c1-16-14(15)10-6-3-7-11-17-12-13-8-4-2-5-9-13/h2-5,7-9H,6,10-12H2,1H3/b7-3+. The molecule has 1 aromatic rings. The molecular weight excluding hydrogens is 216 g/mol. The van der Waals surface area contributed by atoms with Crippen LogP contribution in [-0.4, -0.2) is 19.7 Å². The molecule has 0 unspecified atom stereocenters. The topological polar surface area (TPSA) is 35.5 Å².